The molecule has 0 aliphatic carbocycles. The van der Waals surface area contributed by atoms with Crippen LogP contribution in [0.4, 0.5) is 0 Å². The van der Waals surface area contributed by atoms with E-state index in [0.29, 0.717) is 0 Å². The van der Waals surface area contributed by atoms with E-state index < -0.39 is 7.12 Å². The Hall–Kier alpha value is -2.81. The number of allylic oxidation sites excluding steroid dienone is 4. The normalized spacial score (nSPS) is 17.4. The molecule has 3 aromatic rings. The molecule has 0 bridgehead atoms. The molecule has 1 aliphatic heterocycles. The molecule has 160 valence electrons. The number of hydrogen-bond donors (Lipinski definition) is 0. The summed E-state index contributed by atoms with van der Waals surface area (Å²) in [6.07, 6.45) is 5.80. The van der Waals surface area contributed by atoms with Gasteiger partial charge in [0, 0.05) is 0 Å². The monoisotopic (exact) mass is 420 g/mol. The molecule has 0 spiro atoms. The lowest BCUT2D eigenvalue weighted by Crippen LogP contribution is -2.44. The van der Waals surface area contributed by atoms with Crippen molar-refractivity contribution in [3.63, 3.8) is 0 Å². The third kappa shape index (κ3) is 3.90. The lowest BCUT2D eigenvalue weighted by molar-refractivity contribution is 0.00578. The van der Waals surface area contributed by atoms with Crippen molar-refractivity contribution >= 4 is 41.0 Å². The second-order valence-corrected chi connectivity index (χ2v) is 9.33. The SMILES string of the molecule is C=C/C=C(\C=C)B(c1ccccc1)c1cccc2c(B3OC(C)(C)C(C)(C)O3)cccc12. The van der Waals surface area contributed by atoms with Gasteiger partial charge in [0.15, 0.2) is 0 Å². The first kappa shape index (κ1) is 22.4. The van der Waals surface area contributed by atoms with E-state index in [9.17, 15) is 0 Å². The van der Waals surface area contributed by atoms with E-state index in [1.807, 2.05) is 24.3 Å². The van der Waals surface area contributed by atoms with Crippen LogP contribution in [0, 0.1) is 0 Å². The van der Waals surface area contributed by atoms with Crippen LogP contribution in [0.3, 0.4) is 0 Å². The van der Waals surface area contributed by atoms with Crippen molar-refractivity contribution in [2.75, 3.05) is 0 Å². The van der Waals surface area contributed by atoms with Gasteiger partial charge in [-0.1, -0.05) is 115 Å². The minimum atomic E-state index is -0.406. The van der Waals surface area contributed by atoms with Crippen molar-refractivity contribution in [1.82, 2.24) is 0 Å². The number of fused-ring (bicyclic) bond motifs is 1. The highest BCUT2D eigenvalue weighted by molar-refractivity contribution is 6.93. The topological polar surface area (TPSA) is 18.5 Å². The van der Waals surface area contributed by atoms with E-state index in [0.717, 1.165) is 16.3 Å². The Morgan fingerprint density at radius 3 is 2.06 bits per heavy atom. The minimum Gasteiger partial charge on any atom is -0.399 e. The summed E-state index contributed by atoms with van der Waals surface area (Å²) in [5, 5.41) is 2.33. The first-order valence-electron chi connectivity index (χ1n) is 11.2. The van der Waals surface area contributed by atoms with E-state index in [2.05, 4.69) is 102 Å². The Morgan fingerprint density at radius 1 is 0.812 bits per heavy atom. The first-order chi connectivity index (χ1) is 15.3. The second kappa shape index (κ2) is 8.61. The van der Waals surface area contributed by atoms with Crippen molar-refractivity contribution in [3.8, 4) is 0 Å². The molecule has 0 amide bonds. The van der Waals surface area contributed by atoms with Crippen LogP contribution >= 0.6 is 0 Å². The summed E-state index contributed by atoms with van der Waals surface area (Å²) in [5.74, 6) is 0. The van der Waals surface area contributed by atoms with Crippen molar-refractivity contribution in [3.05, 3.63) is 104 Å². The summed E-state index contributed by atoms with van der Waals surface area (Å²) in [6.45, 7) is 16.4. The Labute approximate surface area is 192 Å². The van der Waals surface area contributed by atoms with Gasteiger partial charge < -0.3 is 9.31 Å². The Kier molecular flexibility index (Phi) is 6.03. The van der Waals surface area contributed by atoms with Gasteiger partial charge in [0.25, 0.3) is 0 Å². The Morgan fingerprint density at radius 2 is 1.44 bits per heavy atom. The highest BCUT2D eigenvalue weighted by Crippen LogP contribution is 2.37. The van der Waals surface area contributed by atoms with Gasteiger partial charge in [0.05, 0.1) is 11.2 Å². The quantitative estimate of drug-likeness (QED) is 0.429. The van der Waals surface area contributed by atoms with Gasteiger partial charge in [-0.2, -0.15) is 0 Å². The van der Waals surface area contributed by atoms with E-state index in [1.165, 1.54) is 16.3 Å². The molecule has 0 unspecified atom stereocenters. The highest BCUT2D eigenvalue weighted by Gasteiger charge is 2.52. The fourth-order valence-electron chi connectivity index (χ4n) is 4.40. The average molecular weight is 420 g/mol. The van der Waals surface area contributed by atoms with Crippen LogP contribution < -0.4 is 16.4 Å². The third-order valence-corrected chi connectivity index (χ3v) is 6.82. The minimum absolute atomic E-state index is 0.0453. The van der Waals surface area contributed by atoms with Gasteiger partial charge in [0.2, 0.25) is 6.71 Å². The molecular formula is C28H30B2O2. The van der Waals surface area contributed by atoms with Crippen LogP contribution in [0.5, 0.6) is 0 Å². The first-order valence-corrected chi connectivity index (χ1v) is 11.2. The molecule has 3 aromatic carbocycles. The summed E-state index contributed by atoms with van der Waals surface area (Å²) in [4.78, 5) is 0. The molecular weight excluding hydrogens is 390 g/mol. The summed E-state index contributed by atoms with van der Waals surface area (Å²) in [6, 6.07) is 23.4. The standard InChI is InChI=1S/C28H30B2O2/c1-7-14-21(8-2)29(22-15-10-9-11-16-22)25-19-12-18-24-23(25)17-13-20-26(24)30-31-27(3,4)28(5,6)32-30/h7-20H,1-2H2,3-6H3/b21-14+. The van der Waals surface area contributed by atoms with Gasteiger partial charge in [-0.3, -0.25) is 0 Å². The molecule has 1 fully saturated rings. The van der Waals surface area contributed by atoms with E-state index in [1.54, 1.807) is 0 Å². The van der Waals surface area contributed by atoms with Crippen molar-refractivity contribution in [2.45, 2.75) is 38.9 Å². The average Bonchev–Trinajstić information content (AvgIpc) is 3.00. The van der Waals surface area contributed by atoms with Crippen molar-refractivity contribution in [2.24, 2.45) is 0 Å². The molecule has 2 nitrogen and oxygen atoms in total. The van der Waals surface area contributed by atoms with Gasteiger partial charge in [-0.25, -0.2) is 0 Å². The molecule has 0 radical (unpaired) electrons. The summed E-state index contributed by atoms with van der Waals surface area (Å²) >= 11 is 0. The van der Waals surface area contributed by atoms with Crippen LogP contribution in [0.2, 0.25) is 0 Å². The zero-order chi connectivity index (χ0) is 22.9. The number of rotatable bonds is 6. The number of benzene rings is 3. The van der Waals surface area contributed by atoms with Crippen molar-refractivity contribution in [1.29, 1.82) is 0 Å². The fourth-order valence-corrected chi connectivity index (χ4v) is 4.40. The van der Waals surface area contributed by atoms with E-state index in [-0.39, 0.29) is 17.9 Å². The maximum Gasteiger partial charge on any atom is 0.495 e. The van der Waals surface area contributed by atoms with Gasteiger partial charge in [-0.05, 0) is 43.9 Å². The Balaban J connectivity index is 1.90. The molecule has 0 aromatic heterocycles. The van der Waals surface area contributed by atoms with E-state index >= 15 is 0 Å². The zero-order valence-corrected chi connectivity index (χ0v) is 19.5. The molecule has 1 saturated heterocycles. The molecule has 32 heavy (non-hydrogen) atoms. The van der Waals surface area contributed by atoms with Gasteiger partial charge in [0.1, 0.15) is 0 Å². The van der Waals surface area contributed by atoms with Gasteiger partial charge in [-0.15, -0.1) is 0 Å². The van der Waals surface area contributed by atoms with Crippen LogP contribution in [-0.2, 0) is 9.31 Å². The maximum atomic E-state index is 6.39. The lowest BCUT2D eigenvalue weighted by atomic mass is 9.35. The van der Waals surface area contributed by atoms with Crippen molar-refractivity contribution < 1.29 is 9.31 Å². The van der Waals surface area contributed by atoms with E-state index in [4.69, 9.17) is 9.31 Å². The summed E-state index contributed by atoms with van der Waals surface area (Å²) in [7, 11) is -0.406. The fraction of sp³-hybridized carbons (Fsp3) is 0.214. The smallest absolute Gasteiger partial charge is 0.399 e. The van der Waals surface area contributed by atoms with Crippen LogP contribution in [0.25, 0.3) is 10.8 Å². The van der Waals surface area contributed by atoms with Crippen LogP contribution in [0.15, 0.2) is 104 Å². The predicted octanol–water partition coefficient (Wildman–Crippen LogP) is 4.59. The molecule has 4 heteroatoms. The predicted molar refractivity (Wildman–Crippen MR) is 140 cm³/mol. The molecule has 4 rings (SSSR count). The van der Waals surface area contributed by atoms with Gasteiger partial charge >= 0.3 is 7.12 Å². The molecule has 0 N–H and O–H groups in total. The summed E-state index contributed by atoms with van der Waals surface area (Å²) < 4.78 is 12.8. The Bertz CT molecular complexity index is 1160. The molecule has 0 atom stereocenters. The van der Waals surface area contributed by atoms with Crippen LogP contribution in [0.1, 0.15) is 27.7 Å². The zero-order valence-electron chi connectivity index (χ0n) is 19.5. The molecule has 1 aliphatic rings. The highest BCUT2D eigenvalue weighted by atomic mass is 16.7. The largest absolute Gasteiger partial charge is 0.495 e. The second-order valence-electron chi connectivity index (χ2n) is 9.33. The lowest BCUT2D eigenvalue weighted by Gasteiger charge is -2.32. The maximum absolute atomic E-state index is 6.39. The van der Waals surface area contributed by atoms with Crippen LogP contribution in [-0.4, -0.2) is 25.0 Å². The number of hydrogen-bond acceptors (Lipinski definition) is 2. The molecule has 1 heterocycles. The summed E-state index contributed by atoms with van der Waals surface area (Å²) in [5.41, 5.74) is 3.84. The third-order valence-electron chi connectivity index (χ3n) is 6.82. The molecule has 0 saturated carbocycles.